The molecule has 1 saturated carbocycles. The van der Waals surface area contributed by atoms with Gasteiger partial charge in [0.05, 0.1) is 11.7 Å². The molecule has 3 rings (SSSR count). The van der Waals surface area contributed by atoms with Crippen LogP contribution in [0.5, 0.6) is 0 Å². The molecule has 4 nitrogen and oxygen atoms in total. The molecule has 2 aliphatic rings. The molecule has 19 heavy (non-hydrogen) atoms. The van der Waals surface area contributed by atoms with Gasteiger partial charge >= 0.3 is 0 Å². The summed E-state index contributed by atoms with van der Waals surface area (Å²) in [5.74, 6) is 0.196. The highest BCUT2D eigenvalue weighted by Gasteiger charge is 2.37. The maximum Gasteiger partial charge on any atom is 0.245 e. The average molecular weight is 279 g/mol. The molecule has 1 unspecified atom stereocenters. The van der Waals surface area contributed by atoms with Crippen LogP contribution < -0.4 is 10.2 Å². The van der Waals surface area contributed by atoms with Crippen molar-refractivity contribution in [2.45, 2.75) is 57.5 Å². The van der Waals surface area contributed by atoms with E-state index in [0.717, 1.165) is 23.8 Å². The molecule has 0 spiro atoms. The molecule has 0 bridgehead atoms. The minimum atomic E-state index is 0.00878. The summed E-state index contributed by atoms with van der Waals surface area (Å²) in [5, 5.41) is 6.36. The highest BCUT2D eigenvalue weighted by atomic mass is 32.1. The summed E-state index contributed by atoms with van der Waals surface area (Å²) in [6, 6.07) is 0.588. The summed E-state index contributed by atoms with van der Waals surface area (Å²) >= 11 is 1.58. The molecule has 1 aliphatic carbocycles. The maximum absolute atomic E-state index is 12.4. The lowest BCUT2D eigenvalue weighted by Gasteiger charge is -2.16. The van der Waals surface area contributed by atoms with Gasteiger partial charge in [0.1, 0.15) is 0 Å². The average Bonchev–Trinajstić information content (AvgIpc) is 2.85. The number of anilines is 1. The first-order valence-corrected chi connectivity index (χ1v) is 7.86. The number of hydrogen-bond donors (Lipinski definition) is 1. The van der Waals surface area contributed by atoms with Crippen LogP contribution >= 0.6 is 11.3 Å². The van der Waals surface area contributed by atoms with Gasteiger partial charge in [0, 0.05) is 23.4 Å². The normalized spacial score (nSPS) is 24.3. The smallest absolute Gasteiger partial charge is 0.245 e. The summed E-state index contributed by atoms with van der Waals surface area (Å²) in [6.45, 7) is 7.24. The van der Waals surface area contributed by atoms with Crippen molar-refractivity contribution >= 4 is 22.4 Å². The van der Waals surface area contributed by atoms with Gasteiger partial charge in [-0.1, -0.05) is 20.8 Å². The first-order chi connectivity index (χ1) is 8.95. The highest BCUT2D eigenvalue weighted by Crippen LogP contribution is 2.31. The van der Waals surface area contributed by atoms with Gasteiger partial charge < -0.3 is 5.32 Å². The molecule has 1 atom stereocenters. The van der Waals surface area contributed by atoms with Gasteiger partial charge in [0.2, 0.25) is 5.91 Å². The van der Waals surface area contributed by atoms with Crippen molar-refractivity contribution in [2.75, 3.05) is 11.4 Å². The van der Waals surface area contributed by atoms with E-state index in [2.05, 4.69) is 36.5 Å². The maximum atomic E-state index is 12.4. The third-order valence-corrected chi connectivity index (χ3v) is 4.57. The molecule has 104 valence electrons. The van der Waals surface area contributed by atoms with E-state index in [1.807, 2.05) is 4.90 Å². The number of carbonyl (C=O) groups excluding carboxylic acids is 1. The highest BCUT2D eigenvalue weighted by molar-refractivity contribution is 7.14. The van der Waals surface area contributed by atoms with Gasteiger partial charge in [-0.25, -0.2) is 4.98 Å². The first kappa shape index (κ1) is 13.1. The van der Waals surface area contributed by atoms with E-state index in [-0.39, 0.29) is 17.4 Å². The third-order valence-electron chi connectivity index (χ3n) is 3.71. The molecule has 2 fully saturated rings. The minimum absolute atomic E-state index is 0.00878. The first-order valence-electron chi connectivity index (χ1n) is 6.98. The molecule has 5 heteroatoms. The van der Waals surface area contributed by atoms with Crippen molar-refractivity contribution in [3.05, 3.63) is 11.1 Å². The monoisotopic (exact) mass is 279 g/mol. The zero-order chi connectivity index (χ0) is 13.6. The van der Waals surface area contributed by atoms with Gasteiger partial charge in [-0.05, 0) is 19.3 Å². The van der Waals surface area contributed by atoms with Crippen LogP contribution in [-0.4, -0.2) is 29.5 Å². The number of thiazole rings is 1. The second kappa shape index (κ2) is 4.56. The molecule has 1 saturated heterocycles. The van der Waals surface area contributed by atoms with E-state index in [9.17, 15) is 4.79 Å². The van der Waals surface area contributed by atoms with E-state index in [1.54, 1.807) is 11.3 Å². The van der Waals surface area contributed by atoms with Crippen molar-refractivity contribution in [3.8, 4) is 0 Å². The molecule has 1 amide bonds. The Morgan fingerprint density at radius 3 is 2.68 bits per heavy atom. The quantitative estimate of drug-likeness (QED) is 0.923. The van der Waals surface area contributed by atoms with Gasteiger partial charge in [0.15, 0.2) is 5.13 Å². The Morgan fingerprint density at radius 2 is 2.11 bits per heavy atom. The fourth-order valence-electron chi connectivity index (χ4n) is 2.29. The standard InChI is InChI=1S/C14H21N3OS/c1-14(2,3)11-8-19-13(16-11)17-7-6-10(12(17)18)15-9-4-5-9/h8-10,15H,4-7H2,1-3H3. The Hall–Kier alpha value is -0.940. The summed E-state index contributed by atoms with van der Waals surface area (Å²) in [6.07, 6.45) is 3.34. The van der Waals surface area contributed by atoms with Gasteiger partial charge in [0.25, 0.3) is 0 Å². The van der Waals surface area contributed by atoms with Crippen LogP contribution in [0.25, 0.3) is 0 Å². The van der Waals surface area contributed by atoms with E-state index >= 15 is 0 Å². The predicted octanol–water partition coefficient (Wildman–Crippen LogP) is 2.30. The van der Waals surface area contributed by atoms with Crippen LogP contribution in [0.1, 0.15) is 45.7 Å². The van der Waals surface area contributed by atoms with Crippen molar-refractivity contribution in [1.29, 1.82) is 0 Å². The van der Waals surface area contributed by atoms with Gasteiger partial charge in [-0.15, -0.1) is 11.3 Å². The Bertz CT molecular complexity index is 487. The summed E-state index contributed by atoms with van der Waals surface area (Å²) < 4.78 is 0. The SMILES string of the molecule is CC(C)(C)c1csc(N2CCC(NC3CC3)C2=O)n1. The molecule has 1 N–H and O–H groups in total. The lowest BCUT2D eigenvalue weighted by molar-refractivity contribution is -0.118. The molecular formula is C14H21N3OS. The lowest BCUT2D eigenvalue weighted by atomic mass is 9.93. The van der Waals surface area contributed by atoms with Gasteiger partial charge in [-0.3, -0.25) is 9.69 Å². The Labute approximate surface area is 118 Å². The predicted molar refractivity (Wildman–Crippen MR) is 77.7 cm³/mol. The second-order valence-electron chi connectivity index (χ2n) is 6.54. The summed E-state index contributed by atoms with van der Waals surface area (Å²) in [7, 11) is 0. The Kier molecular flexibility index (Phi) is 3.14. The van der Waals surface area contributed by atoms with Crippen molar-refractivity contribution < 1.29 is 4.79 Å². The number of amides is 1. The summed E-state index contributed by atoms with van der Waals surface area (Å²) in [5.41, 5.74) is 1.11. The Morgan fingerprint density at radius 1 is 1.37 bits per heavy atom. The number of carbonyl (C=O) groups is 1. The minimum Gasteiger partial charge on any atom is -0.303 e. The molecule has 2 heterocycles. The fourth-order valence-corrected chi connectivity index (χ4v) is 3.37. The fraction of sp³-hybridized carbons (Fsp3) is 0.714. The lowest BCUT2D eigenvalue weighted by Crippen LogP contribution is -2.39. The topological polar surface area (TPSA) is 45.2 Å². The largest absolute Gasteiger partial charge is 0.303 e. The number of hydrogen-bond acceptors (Lipinski definition) is 4. The number of aromatic nitrogens is 1. The van der Waals surface area contributed by atoms with E-state index < -0.39 is 0 Å². The van der Waals surface area contributed by atoms with Crippen molar-refractivity contribution in [1.82, 2.24) is 10.3 Å². The molecule has 1 aromatic heterocycles. The Balaban J connectivity index is 1.72. The van der Waals surface area contributed by atoms with Crippen molar-refractivity contribution in [3.63, 3.8) is 0 Å². The number of rotatable bonds is 3. The van der Waals surface area contributed by atoms with Crippen LogP contribution in [0.3, 0.4) is 0 Å². The molecule has 0 aromatic carbocycles. The molecular weight excluding hydrogens is 258 g/mol. The van der Waals surface area contributed by atoms with Crippen LogP contribution in [0.15, 0.2) is 5.38 Å². The van der Waals surface area contributed by atoms with Crippen molar-refractivity contribution in [2.24, 2.45) is 0 Å². The van der Waals surface area contributed by atoms with Crippen LogP contribution in [0.2, 0.25) is 0 Å². The third kappa shape index (κ3) is 2.67. The second-order valence-corrected chi connectivity index (χ2v) is 7.37. The molecule has 1 aromatic rings. The van der Waals surface area contributed by atoms with E-state index in [4.69, 9.17) is 0 Å². The van der Waals surface area contributed by atoms with E-state index in [1.165, 1.54) is 12.8 Å². The zero-order valence-electron chi connectivity index (χ0n) is 11.8. The van der Waals surface area contributed by atoms with Crippen LogP contribution in [0.4, 0.5) is 5.13 Å². The molecule has 1 aliphatic heterocycles. The zero-order valence-corrected chi connectivity index (χ0v) is 12.6. The van der Waals surface area contributed by atoms with E-state index in [0.29, 0.717) is 6.04 Å². The molecule has 0 radical (unpaired) electrons. The van der Waals surface area contributed by atoms with Gasteiger partial charge in [-0.2, -0.15) is 0 Å². The number of nitrogens with zero attached hydrogens (tertiary/aromatic N) is 2. The van der Waals surface area contributed by atoms with Crippen LogP contribution in [0, 0.1) is 0 Å². The number of nitrogens with one attached hydrogen (secondary N) is 1. The van der Waals surface area contributed by atoms with Crippen LogP contribution in [-0.2, 0) is 10.2 Å². The summed E-state index contributed by atoms with van der Waals surface area (Å²) in [4.78, 5) is 18.8.